The number of carbonyl (C=O) groups is 4. The zero-order chi connectivity index (χ0) is 30.9. The average Bonchev–Trinajstić information content (AvgIpc) is 3.72. The first kappa shape index (κ1) is 30.5. The summed E-state index contributed by atoms with van der Waals surface area (Å²) >= 11 is 0. The first-order chi connectivity index (χ1) is 21.4. The Morgan fingerprint density at radius 3 is 1.89 bits per heavy atom. The molecule has 5 rings (SSSR count). The van der Waals surface area contributed by atoms with Crippen LogP contribution in [0, 0.1) is 0 Å². The highest BCUT2D eigenvalue weighted by Crippen LogP contribution is 2.19. The van der Waals surface area contributed by atoms with E-state index in [0.29, 0.717) is 6.42 Å². The molecule has 10 heteroatoms. The van der Waals surface area contributed by atoms with Crippen LogP contribution in [-0.4, -0.2) is 64.5 Å². The first-order valence-electron chi connectivity index (χ1n) is 14.9. The van der Waals surface area contributed by atoms with Gasteiger partial charge in [-0.3, -0.25) is 14.4 Å². The van der Waals surface area contributed by atoms with Crippen LogP contribution in [0.4, 0.5) is 0 Å². The Balaban J connectivity index is 1.35. The van der Waals surface area contributed by atoms with E-state index in [-0.39, 0.29) is 31.2 Å². The number of para-hydroxylation sites is 1. The maximum Gasteiger partial charge on any atom is 0.326 e. The summed E-state index contributed by atoms with van der Waals surface area (Å²) in [4.78, 5) is 55.9. The number of aliphatic carboxylic acids is 1. The monoisotopic (exact) mass is 595 g/mol. The minimum atomic E-state index is -1.23. The average molecular weight is 596 g/mol. The Labute approximate surface area is 255 Å². The third-order valence-electron chi connectivity index (χ3n) is 7.92. The number of rotatable bonds is 13. The van der Waals surface area contributed by atoms with Gasteiger partial charge in [0.25, 0.3) is 0 Å². The molecule has 0 saturated carbocycles. The van der Waals surface area contributed by atoms with Crippen LogP contribution in [-0.2, 0) is 38.4 Å². The van der Waals surface area contributed by atoms with Crippen LogP contribution in [0.3, 0.4) is 0 Å². The molecular weight excluding hydrogens is 558 g/mol. The molecule has 2 heterocycles. The van der Waals surface area contributed by atoms with E-state index in [1.165, 1.54) is 0 Å². The number of hydrogen-bond donors (Lipinski definition) is 6. The van der Waals surface area contributed by atoms with Gasteiger partial charge in [0.1, 0.15) is 18.1 Å². The minimum absolute atomic E-state index is 0.0537. The maximum absolute atomic E-state index is 13.8. The number of nitrogens with one attached hydrogen (secondary N) is 5. The molecule has 44 heavy (non-hydrogen) atoms. The van der Waals surface area contributed by atoms with Crippen molar-refractivity contribution in [1.29, 1.82) is 0 Å². The largest absolute Gasteiger partial charge is 0.480 e. The normalized spacial score (nSPS) is 16.5. The molecule has 1 aliphatic heterocycles. The number of amides is 3. The van der Waals surface area contributed by atoms with Crippen LogP contribution in [0.25, 0.3) is 10.9 Å². The molecule has 0 bridgehead atoms. The number of carboxylic acid groups (broad SMARTS) is 1. The zero-order valence-corrected chi connectivity index (χ0v) is 24.3. The van der Waals surface area contributed by atoms with Gasteiger partial charge in [-0.1, -0.05) is 78.9 Å². The Kier molecular flexibility index (Phi) is 10.0. The van der Waals surface area contributed by atoms with Gasteiger partial charge >= 0.3 is 5.97 Å². The Morgan fingerprint density at radius 1 is 0.727 bits per heavy atom. The van der Waals surface area contributed by atoms with Gasteiger partial charge in [-0.25, -0.2) is 4.79 Å². The Hall–Kier alpha value is -4.96. The SMILES string of the molecule is O=C(O)C(Cc1c[nH]c2ccccc12)NC(=O)C(Cc1ccccc1)NC(=O)C(Cc1ccccc1)NC(=O)C1CCCN1. The number of H-pyrrole nitrogens is 1. The van der Waals surface area contributed by atoms with Crippen molar-refractivity contribution in [3.8, 4) is 0 Å². The molecule has 1 fully saturated rings. The number of carbonyl (C=O) groups excluding carboxylic acids is 3. The summed E-state index contributed by atoms with van der Waals surface area (Å²) in [5.41, 5.74) is 3.26. The number of benzene rings is 3. The lowest BCUT2D eigenvalue weighted by atomic mass is 10.0. The van der Waals surface area contributed by atoms with Gasteiger partial charge in [0, 0.05) is 36.4 Å². The highest BCUT2D eigenvalue weighted by Gasteiger charge is 2.32. The van der Waals surface area contributed by atoms with E-state index in [4.69, 9.17) is 0 Å². The molecule has 10 nitrogen and oxygen atoms in total. The Bertz CT molecular complexity index is 1580. The number of aromatic amines is 1. The van der Waals surface area contributed by atoms with Gasteiger partial charge in [-0.2, -0.15) is 0 Å². The van der Waals surface area contributed by atoms with Crippen molar-refractivity contribution in [1.82, 2.24) is 26.3 Å². The quantitative estimate of drug-likeness (QED) is 0.140. The van der Waals surface area contributed by atoms with Crippen molar-refractivity contribution in [3.05, 3.63) is 108 Å². The maximum atomic E-state index is 13.8. The highest BCUT2D eigenvalue weighted by molar-refractivity contribution is 5.94. The van der Waals surface area contributed by atoms with Crippen molar-refractivity contribution < 1.29 is 24.3 Å². The second kappa shape index (κ2) is 14.5. The van der Waals surface area contributed by atoms with Crippen LogP contribution >= 0.6 is 0 Å². The number of fused-ring (bicyclic) bond motifs is 1. The van der Waals surface area contributed by atoms with Crippen LogP contribution in [0.5, 0.6) is 0 Å². The minimum Gasteiger partial charge on any atom is -0.480 e. The van der Waals surface area contributed by atoms with E-state index in [9.17, 15) is 24.3 Å². The third-order valence-corrected chi connectivity index (χ3v) is 7.92. The summed E-state index contributed by atoms with van der Waals surface area (Å²) in [5, 5.41) is 22.4. The molecule has 3 amide bonds. The second-order valence-corrected chi connectivity index (χ2v) is 11.1. The lowest BCUT2D eigenvalue weighted by Crippen LogP contribution is -2.58. The molecule has 1 aromatic heterocycles. The van der Waals surface area contributed by atoms with Gasteiger partial charge in [-0.15, -0.1) is 0 Å². The van der Waals surface area contributed by atoms with Gasteiger partial charge in [0.05, 0.1) is 6.04 Å². The summed E-state index contributed by atoms with van der Waals surface area (Å²) in [7, 11) is 0. The van der Waals surface area contributed by atoms with Gasteiger partial charge in [0.15, 0.2) is 0 Å². The van der Waals surface area contributed by atoms with Crippen molar-refractivity contribution in [2.24, 2.45) is 0 Å². The van der Waals surface area contributed by atoms with Crippen LogP contribution in [0.15, 0.2) is 91.1 Å². The molecule has 3 aromatic carbocycles. The van der Waals surface area contributed by atoms with E-state index >= 15 is 0 Å². The molecule has 6 N–H and O–H groups in total. The fourth-order valence-electron chi connectivity index (χ4n) is 5.56. The molecule has 0 aliphatic carbocycles. The van der Waals surface area contributed by atoms with Gasteiger partial charge in [-0.05, 0) is 42.1 Å². The molecule has 1 saturated heterocycles. The number of aromatic nitrogens is 1. The molecule has 0 radical (unpaired) electrons. The summed E-state index contributed by atoms with van der Waals surface area (Å²) in [6.45, 7) is 0.732. The zero-order valence-electron chi connectivity index (χ0n) is 24.3. The topological polar surface area (TPSA) is 152 Å². The molecule has 4 unspecified atom stereocenters. The van der Waals surface area contributed by atoms with E-state index in [1.807, 2.05) is 84.9 Å². The van der Waals surface area contributed by atoms with Crippen molar-refractivity contribution in [2.75, 3.05) is 6.54 Å². The van der Waals surface area contributed by atoms with Crippen LogP contribution in [0.2, 0.25) is 0 Å². The third kappa shape index (κ3) is 7.90. The first-order valence-corrected chi connectivity index (χ1v) is 14.9. The molecule has 4 atom stereocenters. The Morgan fingerprint density at radius 2 is 1.30 bits per heavy atom. The lowest BCUT2D eigenvalue weighted by molar-refractivity contribution is -0.142. The van der Waals surface area contributed by atoms with Crippen LogP contribution < -0.4 is 21.3 Å². The number of carboxylic acids is 1. The predicted octanol–water partition coefficient (Wildman–Crippen LogP) is 2.49. The van der Waals surface area contributed by atoms with Gasteiger partial charge in [0.2, 0.25) is 17.7 Å². The summed E-state index contributed by atoms with van der Waals surface area (Å²) in [5.74, 6) is -2.62. The van der Waals surface area contributed by atoms with Gasteiger partial charge < -0.3 is 31.4 Å². The van der Waals surface area contributed by atoms with E-state index in [1.54, 1.807) is 6.20 Å². The summed E-state index contributed by atoms with van der Waals surface area (Å²) < 4.78 is 0. The molecule has 228 valence electrons. The second-order valence-electron chi connectivity index (χ2n) is 11.1. The van der Waals surface area contributed by atoms with E-state index < -0.39 is 35.9 Å². The smallest absolute Gasteiger partial charge is 0.326 e. The van der Waals surface area contributed by atoms with Crippen molar-refractivity contribution >= 4 is 34.6 Å². The standard InChI is InChI=1S/C34H37N5O5/c40-31(27-16-9-17-35-27)37-28(18-22-10-3-1-4-11-22)32(41)38-29(19-23-12-5-2-6-13-23)33(42)39-30(34(43)44)20-24-21-36-26-15-8-7-14-25(24)26/h1-8,10-15,21,27-30,35-36H,9,16-20H2,(H,37,40)(H,38,41)(H,39,42)(H,43,44). The highest BCUT2D eigenvalue weighted by atomic mass is 16.4. The van der Waals surface area contributed by atoms with E-state index in [2.05, 4.69) is 26.3 Å². The molecular formula is C34H37N5O5. The van der Waals surface area contributed by atoms with Crippen LogP contribution in [0.1, 0.15) is 29.5 Å². The fourth-order valence-corrected chi connectivity index (χ4v) is 5.56. The molecule has 1 aliphatic rings. The fraction of sp³-hybridized carbons (Fsp3) is 0.294. The summed E-state index contributed by atoms with van der Waals surface area (Å²) in [6.07, 6.45) is 3.70. The molecule has 4 aromatic rings. The van der Waals surface area contributed by atoms with Crippen molar-refractivity contribution in [3.63, 3.8) is 0 Å². The predicted molar refractivity (Wildman–Crippen MR) is 167 cm³/mol. The number of hydrogen-bond acceptors (Lipinski definition) is 5. The summed E-state index contributed by atoms with van der Waals surface area (Å²) in [6, 6.07) is 22.4. The molecule has 0 spiro atoms. The lowest BCUT2D eigenvalue weighted by Gasteiger charge is -2.25. The van der Waals surface area contributed by atoms with E-state index in [0.717, 1.165) is 40.6 Å². The van der Waals surface area contributed by atoms with Crippen molar-refractivity contribution in [2.45, 2.75) is 56.3 Å².